The highest BCUT2D eigenvalue weighted by atomic mass is 79.9. The largest absolute Gasteiger partial charge is 0.372 e. The topological polar surface area (TPSA) is 47.4 Å². The fraction of sp³-hybridized carbons (Fsp3) is 0.667. The lowest BCUT2D eigenvalue weighted by Gasteiger charge is -2.35. The number of rotatable bonds is 1. The van der Waals surface area contributed by atoms with E-state index in [1.807, 2.05) is 25.7 Å². The number of ether oxygens (including phenoxy) is 1. The van der Waals surface area contributed by atoms with E-state index in [0.717, 1.165) is 10.2 Å². The van der Waals surface area contributed by atoms with Gasteiger partial charge in [-0.3, -0.25) is 9.48 Å². The minimum Gasteiger partial charge on any atom is -0.372 e. The van der Waals surface area contributed by atoms with Crippen LogP contribution in [0.1, 0.15) is 30.0 Å². The van der Waals surface area contributed by atoms with E-state index in [0.29, 0.717) is 18.8 Å². The highest BCUT2D eigenvalue weighted by Crippen LogP contribution is 2.23. The Hall–Kier alpha value is -0.880. The second-order valence-electron chi connectivity index (χ2n) is 4.84. The molecule has 1 saturated heterocycles. The molecule has 0 radical (unpaired) electrons. The van der Waals surface area contributed by atoms with Gasteiger partial charge in [0.05, 0.1) is 22.4 Å². The molecule has 1 amide bonds. The summed E-state index contributed by atoms with van der Waals surface area (Å²) in [4.78, 5) is 14.4. The molecule has 1 aliphatic heterocycles. The summed E-state index contributed by atoms with van der Waals surface area (Å²) in [5, 5.41) is 4.26. The van der Waals surface area contributed by atoms with Crippen LogP contribution in [0, 0.1) is 6.92 Å². The summed E-state index contributed by atoms with van der Waals surface area (Å²) in [5.74, 6) is 0.00646. The van der Waals surface area contributed by atoms with E-state index in [1.165, 1.54) is 0 Å². The molecule has 18 heavy (non-hydrogen) atoms. The number of hydrogen-bond acceptors (Lipinski definition) is 3. The first kappa shape index (κ1) is 13.5. The monoisotopic (exact) mass is 315 g/mol. The Morgan fingerprint density at radius 3 is 2.39 bits per heavy atom. The third-order valence-electron chi connectivity index (χ3n) is 3.06. The van der Waals surface area contributed by atoms with Crippen LogP contribution in [0.2, 0.25) is 0 Å². The lowest BCUT2D eigenvalue weighted by atomic mass is 10.2. The number of aromatic nitrogens is 2. The van der Waals surface area contributed by atoms with Crippen LogP contribution in [0.5, 0.6) is 0 Å². The van der Waals surface area contributed by atoms with Crippen molar-refractivity contribution in [2.24, 2.45) is 7.05 Å². The van der Waals surface area contributed by atoms with E-state index in [2.05, 4.69) is 21.0 Å². The molecule has 0 aliphatic carbocycles. The van der Waals surface area contributed by atoms with Gasteiger partial charge in [-0.15, -0.1) is 0 Å². The molecule has 2 heterocycles. The third kappa shape index (κ3) is 2.44. The zero-order valence-corrected chi connectivity index (χ0v) is 12.7. The second kappa shape index (κ2) is 5.01. The predicted molar refractivity (Wildman–Crippen MR) is 71.6 cm³/mol. The third-order valence-corrected chi connectivity index (χ3v) is 4.01. The molecule has 1 fully saturated rings. The summed E-state index contributed by atoms with van der Waals surface area (Å²) in [6.07, 6.45) is 0.150. The van der Waals surface area contributed by atoms with Crippen molar-refractivity contribution in [3.63, 3.8) is 0 Å². The Bertz CT molecular complexity index is 462. The minimum absolute atomic E-state index is 0.00646. The first-order chi connectivity index (χ1) is 8.40. The van der Waals surface area contributed by atoms with Crippen molar-refractivity contribution < 1.29 is 9.53 Å². The van der Waals surface area contributed by atoms with Crippen molar-refractivity contribution in [3.8, 4) is 0 Å². The van der Waals surface area contributed by atoms with Crippen molar-refractivity contribution in [1.82, 2.24) is 14.7 Å². The van der Waals surface area contributed by atoms with Crippen molar-refractivity contribution in [3.05, 3.63) is 15.9 Å². The summed E-state index contributed by atoms with van der Waals surface area (Å²) in [5.41, 5.74) is 1.43. The Balaban J connectivity index is 2.25. The van der Waals surface area contributed by atoms with E-state index in [4.69, 9.17) is 4.74 Å². The van der Waals surface area contributed by atoms with Crippen LogP contribution in [0.15, 0.2) is 4.47 Å². The van der Waals surface area contributed by atoms with Gasteiger partial charge in [-0.2, -0.15) is 5.10 Å². The lowest BCUT2D eigenvalue weighted by molar-refractivity contribution is -0.0588. The van der Waals surface area contributed by atoms with E-state index >= 15 is 0 Å². The Morgan fingerprint density at radius 1 is 1.39 bits per heavy atom. The van der Waals surface area contributed by atoms with E-state index in [9.17, 15) is 4.79 Å². The van der Waals surface area contributed by atoms with Gasteiger partial charge < -0.3 is 9.64 Å². The van der Waals surface area contributed by atoms with Crippen molar-refractivity contribution in [2.75, 3.05) is 13.1 Å². The van der Waals surface area contributed by atoms with Gasteiger partial charge in [0.15, 0.2) is 0 Å². The smallest absolute Gasteiger partial charge is 0.273 e. The van der Waals surface area contributed by atoms with E-state index < -0.39 is 0 Å². The Labute approximate surface area is 115 Å². The summed E-state index contributed by atoms with van der Waals surface area (Å²) >= 11 is 3.44. The summed E-state index contributed by atoms with van der Waals surface area (Å²) in [7, 11) is 1.79. The molecule has 1 aromatic rings. The van der Waals surface area contributed by atoms with Gasteiger partial charge in [0.25, 0.3) is 5.91 Å². The van der Waals surface area contributed by atoms with Crippen LogP contribution in [0.25, 0.3) is 0 Å². The normalized spacial score (nSPS) is 24.4. The van der Waals surface area contributed by atoms with E-state index in [1.54, 1.807) is 11.7 Å². The van der Waals surface area contributed by atoms with Crippen molar-refractivity contribution >= 4 is 21.8 Å². The van der Waals surface area contributed by atoms with Crippen LogP contribution in [0.4, 0.5) is 0 Å². The predicted octanol–water partition coefficient (Wildman–Crippen LogP) is 1.74. The van der Waals surface area contributed by atoms with Crippen LogP contribution in [0.3, 0.4) is 0 Å². The van der Waals surface area contributed by atoms with E-state index in [-0.39, 0.29) is 18.1 Å². The number of carbonyl (C=O) groups is 1. The Morgan fingerprint density at radius 2 is 1.94 bits per heavy atom. The van der Waals surface area contributed by atoms with Gasteiger partial charge in [0.1, 0.15) is 5.69 Å². The number of halogens is 1. The van der Waals surface area contributed by atoms with Gasteiger partial charge in [0.2, 0.25) is 0 Å². The van der Waals surface area contributed by atoms with Crippen LogP contribution in [-0.2, 0) is 11.8 Å². The fourth-order valence-electron chi connectivity index (χ4n) is 2.36. The molecule has 6 heteroatoms. The quantitative estimate of drug-likeness (QED) is 0.793. The highest BCUT2D eigenvalue weighted by Gasteiger charge is 2.29. The molecule has 5 nitrogen and oxygen atoms in total. The van der Waals surface area contributed by atoms with Gasteiger partial charge in [-0.05, 0) is 36.7 Å². The molecular weight excluding hydrogens is 298 g/mol. The Kier molecular flexibility index (Phi) is 3.77. The SMILES string of the molecule is Cc1nn(C)c(C(=O)N2C[C@@H](C)O[C@@H](C)C2)c1Br. The summed E-state index contributed by atoms with van der Waals surface area (Å²) in [6, 6.07) is 0. The van der Waals surface area contributed by atoms with Crippen molar-refractivity contribution in [1.29, 1.82) is 0 Å². The molecule has 0 aromatic carbocycles. The fourth-order valence-corrected chi connectivity index (χ4v) is 2.86. The van der Waals surface area contributed by atoms with Gasteiger partial charge in [-0.25, -0.2) is 0 Å². The molecule has 0 unspecified atom stereocenters. The van der Waals surface area contributed by atoms with Crippen LogP contribution >= 0.6 is 15.9 Å². The maximum atomic E-state index is 12.5. The minimum atomic E-state index is 0.00646. The summed E-state index contributed by atoms with van der Waals surface area (Å²) in [6.45, 7) is 7.10. The number of aryl methyl sites for hydroxylation is 2. The average Bonchev–Trinajstić information content (AvgIpc) is 2.51. The van der Waals surface area contributed by atoms with Crippen molar-refractivity contribution in [2.45, 2.75) is 33.0 Å². The summed E-state index contributed by atoms with van der Waals surface area (Å²) < 4.78 is 8.05. The maximum Gasteiger partial charge on any atom is 0.273 e. The number of amides is 1. The van der Waals surface area contributed by atoms with Crippen LogP contribution < -0.4 is 0 Å². The first-order valence-corrected chi connectivity index (χ1v) is 6.83. The molecule has 1 aromatic heterocycles. The number of carbonyl (C=O) groups excluding carboxylic acids is 1. The maximum absolute atomic E-state index is 12.5. The molecule has 0 bridgehead atoms. The molecule has 1 aliphatic rings. The molecule has 100 valence electrons. The molecular formula is C12H18BrN3O2. The number of morpholine rings is 1. The molecule has 0 spiro atoms. The average molecular weight is 316 g/mol. The van der Waals surface area contributed by atoms with Gasteiger partial charge >= 0.3 is 0 Å². The van der Waals surface area contributed by atoms with Gasteiger partial charge in [0, 0.05) is 20.1 Å². The first-order valence-electron chi connectivity index (χ1n) is 6.04. The second-order valence-corrected chi connectivity index (χ2v) is 5.63. The number of nitrogens with zero attached hydrogens (tertiary/aromatic N) is 3. The van der Waals surface area contributed by atoms with Gasteiger partial charge in [-0.1, -0.05) is 0 Å². The highest BCUT2D eigenvalue weighted by molar-refractivity contribution is 9.10. The number of hydrogen-bond donors (Lipinski definition) is 0. The molecule has 0 N–H and O–H groups in total. The zero-order valence-electron chi connectivity index (χ0n) is 11.1. The standard InChI is InChI=1S/C12H18BrN3O2/c1-7-5-16(6-8(2)18-7)12(17)11-10(13)9(3)14-15(11)4/h7-8H,5-6H2,1-4H3/t7-,8+. The molecule has 2 atom stereocenters. The lowest BCUT2D eigenvalue weighted by Crippen LogP contribution is -2.48. The molecule has 0 saturated carbocycles. The molecule has 2 rings (SSSR count). The zero-order chi connectivity index (χ0) is 13.4. The van der Waals surface area contributed by atoms with Crippen LogP contribution in [-0.4, -0.2) is 45.9 Å².